The van der Waals surface area contributed by atoms with Crippen LogP contribution in [0.1, 0.15) is 5.56 Å². The van der Waals surface area contributed by atoms with E-state index in [4.69, 9.17) is 28.9 Å². The molecule has 0 saturated heterocycles. The lowest BCUT2D eigenvalue weighted by atomic mass is 10.2. The average Bonchev–Trinajstić information content (AvgIpc) is 2.27. The highest BCUT2D eigenvalue weighted by Crippen LogP contribution is 2.28. The van der Waals surface area contributed by atoms with Crippen LogP contribution in [0.2, 0.25) is 10.2 Å². The van der Waals surface area contributed by atoms with Gasteiger partial charge in [0.1, 0.15) is 5.15 Å². The number of pyridine rings is 1. The Balaban J connectivity index is 2.34. The van der Waals surface area contributed by atoms with Crippen molar-refractivity contribution in [3.8, 4) is 0 Å². The number of halogens is 2. The standard InChI is InChI=1S/C12H11Cl2N3/c1-7-2-4-10(8(13)6-7)16-12-9(15)3-5-11(14)17-12/h2-6H,15H2,1H3,(H,16,17). The summed E-state index contributed by atoms with van der Waals surface area (Å²) in [6, 6.07) is 9.03. The number of anilines is 3. The molecule has 3 N–H and O–H groups in total. The Morgan fingerprint density at radius 2 is 1.94 bits per heavy atom. The van der Waals surface area contributed by atoms with E-state index in [-0.39, 0.29) is 0 Å². The van der Waals surface area contributed by atoms with Gasteiger partial charge < -0.3 is 11.1 Å². The van der Waals surface area contributed by atoms with E-state index in [1.54, 1.807) is 12.1 Å². The smallest absolute Gasteiger partial charge is 0.155 e. The number of nitrogens with two attached hydrogens (primary N) is 1. The van der Waals surface area contributed by atoms with Crippen molar-refractivity contribution in [2.45, 2.75) is 6.92 Å². The first-order chi connectivity index (χ1) is 8.06. The third kappa shape index (κ3) is 2.81. The number of aromatic nitrogens is 1. The number of nitrogen functional groups attached to an aromatic ring is 1. The Kier molecular flexibility index (Phi) is 3.41. The average molecular weight is 268 g/mol. The Morgan fingerprint density at radius 3 is 2.65 bits per heavy atom. The van der Waals surface area contributed by atoms with Crippen LogP contribution in [-0.2, 0) is 0 Å². The van der Waals surface area contributed by atoms with Crippen molar-refractivity contribution >= 4 is 40.4 Å². The van der Waals surface area contributed by atoms with E-state index in [0.29, 0.717) is 21.7 Å². The number of benzene rings is 1. The summed E-state index contributed by atoms with van der Waals surface area (Å²) in [5, 5.41) is 4.05. The lowest BCUT2D eigenvalue weighted by Crippen LogP contribution is -1.99. The molecule has 5 heteroatoms. The summed E-state index contributed by atoms with van der Waals surface area (Å²) in [6.07, 6.45) is 0. The number of nitrogens with one attached hydrogen (secondary N) is 1. The minimum Gasteiger partial charge on any atom is -0.396 e. The summed E-state index contributed by atoms with van der Waals surface area (Å²) in [5.41, 5.74) is 8.15. The van der Waals surface area contributed by atoms with Crippen LogP contribution >= 0.6 is 23.2 Å². The zero-order valence-corrected chi connectivity index (χ0v) is 10.7. The van der Waals surface area contributed by atoms with Gasteiger partial charge in [-0.1, -0.05) is 29.3 Å². The van der Waals surface area contributed by atoms with Gasteiger partial charge in [0.2, 0.25) is 0 Å². The van der Waals surface area contributed by atoms with Gasteiger partial charge in [-0.25, -0.2) is 4.98 Å². The molecule has 0 amide bonds. The van der Waals surface area contributed by atoms with Gasteiger partial charge in [0.05, 0.1) is 16.4 Å². The first-order valence-electron chi connectivity index (χ1n) is 5.01. The van der Waals surface area contributed by atoms with Crippen molar-refractivity contribution < 1.29 is 0 Å². The maximum Gasteiger partial charge on any atom is 0.155 e. The van der Waals surface area contributed by atoms with E-state index < -0.39 is 0 Å². The second kappa shape index (κ2) is 4.82. The SMILES string of the molecule is Cc1ccc(Nc2nc(Cl)ccc2N)c(Cl)c1. The van der Waals surface area contributed by atoms with Crippen LogP contribution in [0, 0.1) is 6.92 Å². The summed E-state index contributed by atoms with van der Waals surface area (Å²) >= 11 is 11.9. The minimum atomic E-state index is 0.380. The zero-order chi connectivity index (χ0) is 12.4. The topological polar surface area (TPSA) is 50.9 Å². The van der Waals surface area contributed by atoms with Crippen molar-refractivity contribution in [3.05, 3.63) is 46.1 Å². The van der Waals surface area contributed by atoms with Gasteiger partial charge in [-0.2, -0.15) is 0 Å². The quantitative estimate of drug-likeness (QED) is 0.808. The van der Waals surface area contributed by atoms with Gasteiger partial charge in [-0.05, 0) is 36.8 Å². The highest BCUT2D eigenvalue weighted by atomic mass is 35.5. The molecule has 0 aliphatic carbocycles. The second-order valence-electron chi connectivity index (χ2n) is 3.68. The predicted octanol–water partition coefficient (Wildman–Crippen LogP) is 4.02. The van der Waals surface area contributed by atoms with Gasteiger partial charge in [-0.15, -0.1) is 0 Å². The first kappa shape index (κ1) is 12.0. The molecule has 0 radical (unpaired) electrons. The molecular weight excluding hydrogens is 257 g/mol. The van der Waals surface area contributed by atoms with Crippen LogP contribution in [0.5, 0.6) is 0 Å². The van der Waals surface area contributed by atoms with Crippen molar-refractivity contribution in [1.82, 2.24) is 4.98 Å². The van der Waals surface area contributed by atoms with Gasteiger partial charge in [0, 0.05) is 0 Å². The molecule has 1 heterocycles. The van der Waals surface area contributed by atoms with Crippen LogP contribution in [0.25, 0.3) is 0 Å². The molecule has 1 aromatic heterocycles. The van der Waals surface area contributed by atoms with Crippen LogP contribution in [0.4, 0.5) is 17.2 Å². The molecule has 0 saturated carbocycles. The molecule has 0 bridgehead atoms. The molecule has 0 aliphatic heterocycles. The Bertz CT molecular complexity index is 555. The predicted molar refractivity (Wildman–Crippen MR) is 73.1 cm³/mol. The fraction of sp³-hybridized carbons (Fsp3) is 0.0833. The molecule has 17 heavy (non-hydrogen) atoms. The third-order valence-corrected chi connectivity index (χ3v) is 2.79. The molecule has 1 aromatic carbocycles. The highest BCUT2D eigenvalue weighted by Gasteiger charge is 2.05. The van der Waals surface area contributed by atoms with E-state index >= 15 is 0 Å². The summed E-state index contributed by atoms with van der Waals surface area (Å²) in [5.74, 6) is 0.503. The van der Waals surface area contributed by atoms with Gasteiger partial charge in [-0.3, -0.25) is 0 Å². The molecular formula is C12H11Cl2N3. The molecule has 2 rings (SSSR count). The van der Waals surface area contributed by atoms with Crippen LogP contribution in [-0.4, -0.2) is 4.98 Å². The minimum absolute atomic E-state index is 0.380. The molecule has 3 nitrogen and oxygen atoms in total. The van der Waals surface area contributed by atoms with Gasteiger partial charge in [0.25, 0.3) is 0 Å². The van der Waals surface area contributed by atoms with Crippen molar-refractivity contribution in [2.24, 2.45) is 0 Å². The summed E-state index contributed by atoms with van der Waals surface area (Å²) < 4.78 is 0. The Labute approximate surface area is 110 Å². The van der Waals surface area contributed by atoms with Crippen molar-refractivity contribution in [3.63, 3.8) is 0 Å². The van der Waals surface area contributed by atoms with E-state index in [0.717, 1.165) is 11.3 Å². The van der Waals surface area contributed by atoms with Crippen LogP contribution < -0.4 is 11.1 Å². The molecule has 0 aliphatic rings. The van der Waals surface area contributed by atoms with Crippen LogP contribution in [0.3, 0.4) is 0 Å². The highest BCUT2D eigenvalue weighted by molar-refractivity contribution is 6.33. The van der Waals surface area contributed by atoms with E-state index in [9.17, 15) is 0 Å². The van der Waals surface area contributed by atoms with E-state index in [2.05, 4.69) is 10.3 Å². The third-order valence-electron chi connectivity index (χ3n) is 2.27. The molecule has 88 valence electrons. The molecule has 2 aromatic rings. The number of rotatable bonds is 2. The maximum atomic E-state index is 6.11. The number of hydrogen-bond acceptors (Lipinski definition) is 3. The van der Waals surface area contributed by atoms with E-state index in [1.807, 2.05) is 25.1 Å². The zero-order valence-electron chi connectivity index (χ0n) is 9.17. The molecule has 0 atom stereocenters. The summed E-state index contributed by atoms with van der Waals surface area (Å²) in [4.78, 5) is 4.10. The number of aryl methyl sites for hydroxylation is 1. The second-order valence-corrected chi connectivity index (χ2v) is 4.47. The number of hydrogen-bond donors (Lipinski definition) is 2. The molecule has 0 spiro atoms. The summed E-state index contributed by atoms with van der Waals surface area (Å²) in [7, 11) is 0. The monoisotopic (exact) mass is 267 g/mol. The lowest BCUT2D eigenvalue weighted by molar-refractivity contribution is 1.31. The lowest BCUT2D eigenvalue weighted by Gasteiger charge is -2.10. The molecule has 0 unspecified atom stereocenters. The normalized spacial score (nSPS) is 10.3. The van der Waals surface area contributed by atoms with Crippen molar-refractivity contribution in [1.29, 1.82) is 0 Å². The fourth-order valence-corrected chi connectivity index (χ4v) is 1.83. The largest absolute Gasteiger partial charge is 0.396 e. The maximum absolute atomic E-state index is 6.11. The summed E-state index contributed by atoms with van der Waals surface area (Å²) in [6.45, 7) is 1.97. The Morgan fingerprint density at radius 1 is 1.18 bits per heavy atom. The fourth-order valence-electron chi connectivity index (χ4n) is 1.40. The van der Waals surface area contributed by atoms with E-state index in [1.165, 1.54) is 0 Å². The van der Waals surface area contributed by atoms with Crippen molar-refractivity contribution in [2.75, 3.05) is 11.1 Å². The van der Waals surface area contributed by atoms with Gasteiger partial charge in [0.15, 0.2) is 5.82 Å². The van der Waals surface area contributed by atoms with Crippen LogP contribution in [0.15, 0.2) is 30.3 Å². The number of nitrogens with zero attached hydrogens (tertiary/aromatic N) is 1. The Hall–Kier alpha value is -1.45. The molecule has 0 fully saturated rings. The first-order valence-corrected chi connectivity index (χ1v) is 5.77. The van der Waals surface area contributed by atoms with Gasteiger partial charge >= 0.3 is 0 Å².